The van der Waals surface area contributed by atoms with Gasteiger partial charge in [-0.3, -0.25) is 0 Å². The zero-order valence-electron chi connectivity index (χ0n) is 10.7. The molecule has 0 amide bonds. The number of rotatable bonds is 4. The fourth-order valence-corrected chi connectivity index (χ4v) is 0.757. The Kier molecular flexibility index (Phi) is 32.6. The molecule has 1 unspecified atom stereocenters. The molecule has 0 aliphatic rings. The minimum absolute atomic E-state index is 0.750. The van der Waals surface area contributed by atoms with Crippen LogP contribution >= 0.6 is 0 Å². The van der Waals surface area contributed by atoms with E-state index in [0.29, 0.717) is 0 Å². The van der Waals surface area contributed by atoms with Gasteiger partial charge < -0.3 is 5.73 Å². The zero-order chi connectivity index (χ0) is 11.1. The summed E-state index contributed by atoms with van der Waals surface area (Å²) in [4.78, 5) is 0. The fraction of sp³-hybridized carbons (Fsp3) is 1.00. The highest BCUT2D eigenvalue weighted by Gasteiger charge is 1.94. The normalized spacial score (nSPS) is 10.4. The van der Waals surface area contributed by atoms with Gasteiger partial charge in [-0.15, -0.1) is 0 Å². The van der Waals surface area contributed by atoms with E-state index in [1.807, 2.05) is 20.8 Å². The largest absolute Gasteiger partial charge is 0.331 e. The van der Waals surface area contributed by atoms with Gasteiger partial charge in [-0.1, -0.05) is 67.2 Å². The molecule has 0 aliphatic carbocycles. The molecule has 0 saturated carbocycles. The number of hydrogen-bond donors (Lipinski definition) is 1. The van der Waals surface area contributed by atoms with E-state index in [1.54, 1.807) is 0 Å². The summed E-state index contributed by atoms with van der Waals surface area (Å²) in [6, 6.07) is 0. The summed E-state index contributed by atoms with van der Waals surface area (Å²) in [6.07, 6.45) is 5.53. The molecule has 0 fully saturated rings. The van der Waals surface area contributed by atoms with E-state index < -0.39 is 0 Å². The highest BCUT2D eigenvalue weighted by Crippen LogP contribution is 2.09. The lowest BCUT2D eigenvalue weighted by Gasteiger charge is -2.04. The minimum Gasteiger partial charge on any atom is -0.331 e. The van der Waals surface area contributed by atoms with Gasteiger partial charge in [0.1, 0.15) is 0 Å². The Labute approximate surface area is 86.1 Å². The van der Waals surface area contributed by atoms with Crippen molar-refractivity contribution in [3.05, 3.63) is 0 Å². The van der Waals surface area contributed by atoms with E-state index in [-0.39, 0.29) is 0 Å². The second-order valence-corrected chi connectivity index (χ2v) is 3.06. The van der Waals surface area contributed by atoms with Crippen LogP contribution in [0.4, 0.5) is 0 Å². The van der Waals surface area contributed by atoms with E-state index >= 15 is 0 Å². The van der Waals surface area contributed by atoms with Crippen LogP contribution in [0.1, 0.15) is 67.2 Å². The van der Waals surface area contributed by atoms with Crippen LogP contribution in [0.5, 0.6) is 0 Å². The molecule has 0 aromatic heterocycles. The highest BCUT2D eigenvalue weighted by atomic mass is 14.5. The fourth-order valence-electron chi connectivity index (χ4n) is 0.757. The predicted octanol–water partition coefficient (Wildman–Crippen LogP) is 4.21. The molecule has 1 nitrogen and oxygen atoms in total. The summed E-state index contributed by atoms with van der Waals surface area (Å²) < 4.78 is 0. The first-order valence-electron chi connectivity index (χ1n) is 5.92. The molecule has 13 heavy (non-hydrogen) atoms. The van der Waals surface area contributed by atoms with Crippen molar-refractivity contribution in [3.8, 4) is 0 Å². The monoisotopic (exact) mass is 189 g/mol. The van der Waals surface area contributed by atoms with Gasteiger partial charge in [-0.05, 0) is 12.5 Å². The first-order chi connectivity index (χ1) is 6.22. The van der Waals surface area contributed by atoms with Crippen LogP contribution in [-0.2, 0) is 0 Å². The molecule has 84 valence electrons. The molecule has 0 bridgehead atoms. The molecule has 1 atom stereocenters. The molecule has 0 rings (SSSR count). The first kappa shape index (κ1) is 18.7. The van der Waals surface area contributed by atoms with Crippen molar-refractivity contribution < 1.29 is 0 Å². The summed E-state index contributed by atoms with van der Waals surface area (Å²) in [5.74, 6) is 0.954. The average molecular weight is 189 g/mol. The predicted molar refractivity (Wildman–Crippen MR) is 65.1 cm³/mol. The van der Waals surface area contributed by atoms with Crippen LogP contribution in [0.2, 0.25) is 0 Å². The van der Waals surface area contributed by atoms with Crippen LogP contribution in [0.15, 0.2) is 0 Å². The highest BCUT2D eigenvalue weighted by molar-refractivity contribution is 4.47. The summed E-state index contributed by atoms with van der Waals surface area (Å²) in [5.41, 5.74) is 4.85. The van der Waals surface area contributed by atoms with Gasteiger partial charge in [-0.25, -0.2) is 0 Å². The molecule has 0 aromatic carbocycles. The summed E-state index contributed by atoms with van der Waals surface area (Å²) >= 11 is 0. The Morgan fingerprint density at radius 2 is 1.46 bits per heavy atom. The smallest absolute Gasteiger partial charge is 0.0106 e. The first-order valence-corrected chi connectivity index (χ1v) is 5.92. The molecule has 0 spiro atoms. The average Bonchev–Trinajstić information content (AvgIpc) is 2.18. The number of nitrogens with two attached hydrogens (primary N) is 1. The Morgan fingerprint density at radius 1 is 1.08 bits per heavy atom. The topological polar surface area (TPSA) is 26.0 Å². The van der Waals surface area contributed by atoms with E-state index in [9.17, 15) is 0 Å². The lowest BCUT2D eigenvalue weighted by molar-refractivity contribution is 0.492. The van der Waals surface area contributed by atoms with Gasteiger partial charge in [0.15, 0.2) is 0 Å². The van der Waals surface area contributed by atoms with Gasteiger partial charge in [0.25, 0.3) is 0 Å². The summed E-state index contributed by atoms with van der Waals surface area (Å²) in [6.45, 7) is 13.5. The molecule has 0 aliphatic heterocycles. The van der Waals surface area contributed by atoms with Crippen molar-refractivity contribution in [1.82, 2.24) is 0 Å². The van der Waals surface area contributed by atoms with Gasteiger partial charge >= 0.3 is 0 Å². The van der Waals surface area contributed by atoms with Crippen LogP contribution < -0.4 is 5.73 Å². The third-order valence-electron chi connectivity index (χ3n) is 1.75. The molecule has 0 aromatic rings. The van der Waals surface area contributed by atoms with Crippen LogP contribution in [-0.4, -0.2) is 6.54 Å². The molecular formula is C12H31N. The van der Waals surface area contributed by atoms with Crippen molar-refractivity contribution in [2.75, 3.05) is 6.54 Å². The van der Waals surface area contributed by atoms with Crippen LogP contribution in [0, 0.1) is 5.92 Å². The summed E-state index contributed by atoms with van der Waals surface area (Å²) in [7, 11) is 0. The quantitative estimate of drug-likeness (QED) is 0.704. The number of unbranched alkanes of at least 4 members (excludes halogenated alkanes) is 1. The van der Waals surface area contributed by atoms with E-state index in [0.717, 1.165) is 12.5 Å². The third-order valence-corrected chi connectivity index (χ3v) is 1.75. The van der Waals surface area contributed by atoms with Crippen molar-refractivity contribution in [2.24, 2.45) is 11.7 Å². The van der Waals surface area contributed by atoms with Crippen LogP contribution in [0.25, 0.3) is 0 Å². The lowest BCUT2D eigenvalue weighted by atomic mass is 10.0. The van der Waals surface area contributed by atoms with Gasteiger partial charge in [0.05, 0.1) is 0 Å². The Bertz CT molecular complexity index is 53.1. The SMILES string of the molecule is CC.CCCCC(C)CC.CCN. The molecule has 0 radical (unpaired) electrons. The van der Waals surface area contributed by atoms with E-state index in [2.05, 4.69) is 20.8 Å². The Morgan fingerprint density at radius 3 is 1.69 bits per heavy atom. The van der Waals surface area contributed by atoms with Crippen LogP contribution in [0.3, 0.4) is 0 Å². The molecule has 0 heterocycles. The molecule has 0 saturated heterocycles. The van der Waals surface area contributed by atoms with Crippen molar-refractivity contribution in [3.63, 3.8) is 0 Å². The molecular weight excluding hydrogens is 158 g/mol. The summed E-state index contributed by atoms with van der Waals surface area (Å²) in [5, 5.41) is 0. The van der Waals surface area contributed by atoms with Gasteiger partial charge in [-0.2, -0.15) is 0 Å². The standard InChI is InChI=1S/C8H18.C2H7N.C2H6/c1-4-6-7-8(3)5-2;1-2-3;1-2/h8H,4-7H2,1-3H3;2-3H2,1H3;1-2H3. The second kappa shape index (κ2) is 22.7. The zero-order valence-corrected chi connectivity index (χ0v) is 10.7. The third kappa shape index (κ3) is 33.4. The number of hydrogen-bond acceptors (Lipinski definition) is 1. The Hall–Kier alpha value is -0.0400. The van der Waals surface area contributed by atoms with Gasteiger partial charge in [0, 0.05) is 0 Å². The molecule has 1 heteroatoms. The van der Waals surface area contributed by atoms with Crippen molar-refractivity contribution in [2.45, 2.75) is 67.2 Å². The van der Waals surface area contributed by atoms with E-state index in [4.69, 9.17) is 5.73 Å². The maximum atomic E-state index is 4.85. The second-order valence-electron chi connectivity index (χ2n) is 3.06. The maximum absolute atomic E-state index is 4.85. The van der Waals surface area contributed by atoms with E-state index in [1.165, 1.54) is 25.7 Å². The van der Waals surface area contributed by atoms with Crippen molar-refractivity contribution in [1.29, 1.82) is 0 Å². The molecule has 2 N–H and O–H groups in total. The van der Waals surface area contributed by atoms with Gasteiger partial charge in [0.2, 0.25) is 0 Å². The Balaban J connectivity index is -0.000000169. The minimum atomic E-state index is 0.750. The van der Waals surface area contributed by atoms with Crippen molar-refractivity contribution >= 4 is 0 Å². The maximum Gasteiger partial charge on any atom is -0.0106 e. The lowest BCUT2D eigenvalue weighted by Crippen LogP contribution is -1.89.